The zero-order valence-corrected chi connectivity index (χ0v) is 12.4. The highest BCUT2D eigenvalue weighted by atomic mass is 16.5. The lowest BCUT2D eigenvalue weighted by atomic mass is 9.89. The van der Waals surface area contributed by atoms with Crippen LogP contribution in [0.2, 0.25) is 0 Å². The molecule has 1 fully saturated rings. The van der Waals surface area contributed by atoms with Crippen molar-refractivity contribution < 1.29 is 4.74 Å². The summed E-state index contributed by atoms with van der Waals surface area (Å²) >= 11 is 0. The molecular weight excluding hydrogens is 250 g/mol. The minimum Gasteiger partial charge on any atom is -0.497 e. The van der Waals surface area contributed by atoms with Gasteiger partial charge in [0.1, 0.15) is 11.3 Å². The molecule has 20 heavy (non-hydrogen) atoms. The Morgan fingerprint density at radius 1 is 1.30 bits per heavy atom. The average molecular weight is 273 g/mol. The van der Waals surface area contributed by atoms with Crippen LogP contribution >= 0.6 is 0 Å². The molecule has 0 saturated carbocycles. The maximum Gasteiger partial charge on any atom is 0.118 e. The Labute approximate surface area is 121 Å². The molecule has 0 aliphatic carbocycles. The monoisotopic (exact) mass is 273 g/mol. The van der Waals surface area contributed by atoms with Crippen LogP contribution in [0.4, 0.5) is 0 Å². The van der Waals surface area contributed by atoms with Crippen LogP contribution in [-0.4, -0.2) is 44.2 Å². The number of nitrogens with one attached hydrogen (secondary N) is 1. The molecule has 1 aromatic carbocycles. The largest absolute Gasteiger partial charge is 0.497 e. The Balaban J connectivity index is 1.83. The fourth-order valence-corrected chi connectivity index (χ4v) is 2.57. The molecule has 108 valence electrons. The van der Waals surface area contributed by atoms with Gasteiger partial charge in [-0.05, 0) is 44.0 Å². The van der Waals surface area contributed by atoms with Gasteiger partial charge in [0, 0.05) is 19.6 Å². The van der Waals surface area contributed by atoms with E-state index in [0.29, 0.717) is 0 Å². The zero-order chi connectivity index (χ0) is 14.4. The molecule has 0 amide bonds. The molecular formula is C16H23N3O. The molecule has 2 rings (SSSR count). The fraction of sp³-hybridized carbons (Fsp3) is 0.562. The summed E-state index contributed by atoms with van der Waals surface area (Å²) in [6.45, 7) is 2.82. The number of likely N-dealkylation sites (tertiary alicyclic amines) is 1. The van der Waals surface area contributed by atoms with Crippen LogP contribution in [0.5, 0.6) is 5.75 Å². The molecule has 0 aromatic heterocycles. The lowest BCUT2D eigenvalue weighted by molar-refractivity contribution is 0.196. The van der Waals surface area contributed by atoms with E-state index >= 15 is 0 Å². The van der Waals surface area contributed by atoms with Crippen LogP contribution in [0.25, 0.3) is 0 Å². The molecule has 4 heteroatoms. The van der Waals surface area contributed by atoms with E-state index in [1.54, 1.807) is 7.11 Å². The highest BCUT2D eigenvalue weighted by molar-refractivity contribution is 5.27. The highest BCUT2D eigenvalue weighted by Gasteiger charge is 2.32. The van der Waals surface area contributed by atoms with Gasteiger partial charge in [-0.15, -0.1) is 0 Å². The predicted octanol–water partition coefficient (Wildman–Crippen LogP) is 1.82. The first-order valence-electron chi connectivity index (χ1n) is 7.15. The van der Waals surface area contributed by atoms with Crippen LogP contribution in [0.15, 0.2) is 24.3 Å². The molecule has 1 saturated heterocycles. The van der Waals surface area contributed by atoms with Gasteiger partial charge in [0.2, 0.25) is 0 Å². The molecule has 0 atom stereocenters. The molecule has 0 spiro atoms. The first-order chi connectivity index (χ1) is 9.67. The van der Waals surface area contributed by atoms with Gasteiger partial charge in [0.05, 0.1) is 13.2 Å². The van der Waals surface area contributed by atoms with Gasteiger partial charge in [-0.3, -0.25) is 5.32 Å². The van der Waals surface area contributed by atoms with E-state index in [2.05, 4.69) is 35.5 Å². The third-order valence-corrected chi connectivity index (χ3v) is 4.09. The van der Waals surface area contributed by atoms with Crippen molar-refractivity contribution in [2.24, 2.45) is 0 Å². The minimum atomic E-state index is -0.334. The number of methoxy groups -OCH3 is 1. The Morgan fingerprint density at radius 2 is 1.95 bits per heavy atom. The number of piperidine rings is 1. The van der Waals surface area contributed by atoms with Crippen LogP contribution < -0.4 is 10.1 Å². The zero-order valence-electron chi connectivity index (χ0n) is 12.4. The van der Waals surface area contributed by atoms with Gasteiger partial charge >= 0.3 is 0 Å². The summed E-state index contributed by atoms with van der Waals surface area (Å²) in [6, 6.07) is 10.6. The number of hydrogen-bond acceptors (Lipinski definition) is 4. The minimum absolute atomic E-state index is 0.334. The lowest BCUT2D eigenvalue weighted by Crippen LogP contribution is -2.52. The molecule has 1 heterocycles. The van der Waals surface area contributed by atoms with E-state index in [1.807, 2.05) is 12.1 Å². The highest BCUT2D eigenvalue weighted by Crippen LogP contribution is 2.20. The summed E-state index contributed by atoms with van der Waals surface area (Å²) < 4.78 is 5.15. The molecule has 0 bridgehead atoms. The van der Waals surface area contributed by atoms with E-state index in [1.165, 1.54) is 5.56 Å². The van der Waals surface area contributed by atoms with Gasteiger partial charge in [-0.2, -0.15) is 5.26 Å². The van der Waals surface area contributed by atoms with Crippen molar-refractivity contribution in [3.63, 3.8) is 0 Å². The summed E-state index contributed by atoms with van der Waals surface area (Å²) in [5, 5.41) is 12.9. The second kappa shape index (κ2) is 6.74. The summed E-state index contributed by atoms with van der Waals surface area (Å²) in [6.07, 6.45) is 2.74. The van der Waals surface area contributed by atoms with Crippen LogP contribution in [0, 0.1) is 11.3 Å². The van der Waals surface area contributed by atoms with Gasteiger partial charge < -0.3 is 9.64 Å². The summed E-state index contributed by atoms with van der Waals surface area (Å²) in [5.41, 5.74) is 0.929. The third kappa shape index (κ3) is 3.72. The second-order valence-corrected chi connectivity index (χ2v) is 5.52. The first-order valence-corrected chi connectivity index (χ1v) is 7.15. The van der Waals surface area contributed by atoms with Crippen molar-refractivity contribution >= 4 is 0 Å². The molecule has 4 nitrogen and oxygen atoms in total. The Kier molecular flexibility index (Phi) is 4.99. The van der Waals surface area contributed by atoms with Gasteiger partial charge in [-0.1, -0.05) is 12.1 Å². The van der Waals surface area contributed by atoms with Gasteiger partial charge in [0.25, 0.3) is 0 Å². The third-order valence-electron chi connectivity index (χ3n) is 4.09. The van der Waals surface area contributed by atoms with Crippen LogP contribution in [0.3, 0.4) is 0 Å². The second-order valence-electron chi connectivity index (χ2n) is 5.52. The Hall–Kier alpha value is -1.57. The maximum atomic E-state index is 9.45. The molecule has 1 aromatic rings. The van der Waals surface area contributed by atoms with E-state index in [-0.39, 0.29) is 5.54 Å². The fourth-order valence-electron chi connectivity index (χ4n) is 2.57. The van der Waals surface area contributed by atoms with Crippen molar-refractivity contribution in [2.75, 3.05) is 33.8 Å². The average Bonchev–Trinajstić information content (AvgIpc) is 2.50. The van der Waals surface area contributed by atoms with Crippen LogP contribution in [0.1, 0.15) is 18.4 Å². The van der Waals surface area contributed by atoms with Crippen molar-refractivity contribution in [3.05, 3.63) is 29.8 Å². The van der Waals surface area contributed by atoms with Crippen molar-refractivity contribution in [1.82, 2.24) is 10.2 Å². The smallest absolute Gasteiger partial charge is 0.118 e. The molecule has 0 unspecified atom stereocenters. The van der Waals surface area contributed by atoms with Crippen LogP contribution in [-0.2, 0) is 6.42 Å². The van der Waals surface area contributed by atoms with E-state index in [4.69, 9.17) is 4.74 Å². The predicted molar refractivity (Wildman–Crippen MR) is 79.8 cm³/mol. The van der Waals surface area contributed by atoms with Gasteiger partial charge in [-0.25, -0.2) is 0 Å². The Bertz CT molecular complexity index is 456. The number of hydrogen-bond donors (Lipinski definition) is 1. The SMILES string of the molecule is COc1ccc(CCNC2(C#N)CCN(C)CC2)cc1. The molecule has 1 N–H and O–H groups in total. The first kappa shape index (κ1) is 14.8. The molecule has 1 aliphatic rings. The Morgan fingerprint density at radius 3 is 2.50 bits per heavy atom. The summed E-state index contributed by atoms with van der Waals surface area (Å²) in [4.78, 5) is 2.28. The normalized spacial score (nSPS) is 18.4. The number of rotatable bonds is 5. The van der Waals surface area contributed by atoms with Crippen molar-refractivity contribution in [3.8, 4) is 11.8 Å². The van der Waals surface area contributed by atoms with Crippen molar-refractivity contribution in [1.29, 1.82) is 5.26 Å². The molecule has 0 radical (unpaired) electrons. The standard InChI is InChI=1S/C16H23N3O/c1-19-11-8-16(13-17,9-12-19)18-10-7-14-3-5-15(20-2)6-4-14/h3-6,18H,7-12H2,1-2H3. The number of benzene rings is 1. The maximum absolute atomic E-state index is 9.45. The van der Waals surface area contributed by atoms with E-state index in [0.717, 1.165) is 44.6 Å². The lowest BCUT2D eigenvalue weighted by Gasteiger charge is -2.36. The van der Waals surface area contributed by atoms with E-state index in [9.17, 15) is 5.26 Å². The van der Waals surface area contributed by atoms with Crippen molar-refractivity contribution in [2.45, 2.75) is 24.8 Å². The number of nitriles is 1. The summed E-state index contributed by atoms with van der Waals surface area (Å²) in [7, 11) is 3.78. The quantitative estimate of drug-likeness (QED) is 0.889. The van der Waals surface area contributed by atoms with Gasteiger partial charge in [0.15, 0.2) is 0 Å². The summed E-state index contributed by atoms with van der Waals surface area (Å²) in [5.74, 6) is 0.880. The topological polar surface area (TPSA) is 48.3 Å². The number of nitrogens with zero attached hydrogens (tertiary/aromatic N) is 2. The van der Waals surface area contributed by atoms with E-state index < -0.39 is 0 Å². The number of ether oxygens (including phenoxy) is 1. The molecule has 1 aliphatic heterocycles.